The van der Waals surface area contributed by atoms with Crippen LogP contribution in [-0.2, 0) is 0 Å². The van der Waals surface area contributed by atoms with E-state index in [2.05, 4.69) is 10.6 Å². The van der Waals surface area contributed by atoms with E-state index in [4.69, 9.17) is 5.11 Å². The number of nitrogens with one attached hydrogen (secondary N) is 2. The third-order valence-electron chi connectivity index (χ3n) is 3.96. The number of carbonyl (C=O) groups is 2. The van der Waals surface area contributed by atoms with Gasteiger partial charge in [-0.25, -0.2) is 0 Å². The van der Waals surface area contributed by atoms with E-state index in [9.17, 15) is 9.59 Å². The van der Waals surface area contributed by atoms with Gasteiger partial charge >= 0.3 is 0 Å². The fourth-order valence-corrected chi connectivity index (χ4v) is 2.31. The van der Waals surface area contributed by atoms with Crippen LogP contribution in [0, 0.1) is 5.41 Å². The van der Waals surface area contributed by atoms with Gasteiger partial charge in [0.25, 0.3) is 11.8 Å². The van der Waals surface area contributed by atoms with Crippen LogP contribution >= 0.6 is 0 Å². The van der Waals surface area contributed by atoms with Crippen molar-refractivity contribution in [2.45, 2.75) is 20.3 Å². The number of para-hydroxylation sites is 1. The van der Waals surface area contributed by atoms with E-state index < -0.39 is 0 Å². The molecule has 2 aromatic rings. The van der Waals surface area contributed by atoms with E-state index in [0.717, 1.165) is 5.69 Å². The first-order chi connectivity index (χ1) is 11.9. The summed E-state index contributed by atoms with van der Waals surface area (Å²) in [6.07, 6.45) is 0.617. The molecular formula is C20H24N2O3. The van der Waals surface area contributed by atoms with Crippen molar-refractivity contribution in [3.63, 3.8) is 0 Å². The van der Waals surface area contributed by atoms with Gasteiger partial charge in [-0.2, -0.15) is 0 Å². The summed E-state index contributed by atoms with van der Waals surface area (Å²) in [5, 5.41) is 14.7. The van der Waals surface area contributed by atoms with Crippen LogP contribution in [0.15, 0.2) is 54.6 Å². The van der Waals surface area contributed by atoms with E-state index in [-0.39, 0.29) is 23.8 Å². The number of benzene rings is 2. The molecule has 3 N–H and O–H groups in total. The Bertz CT molecular complexity index is 709. The number of aliphatic hydroxyl groups is 1. The number of hydrogen-bond acceptors (Lipinski definition) is 3. The van der Waals surface area contributed by atoms with E-state index in [1.165, 1.54) is 0 Å². The number of amides is 2. The second-order valence-electron chi connectivity index (χ2n) is 6.72. The lowest BCUT2D eigenvalue weighted by Crippen LogP contribution is -2.34. The van der Waals surface area contributed by atoms with Gasteiger partial charge in [0.1, 0.15) is 0 Å². The lowest BCUT2D eigenvalue weighted by molar-refractivity contribution is 0.0927. The van der Waals surface area contributed by atoms with Gasteiger partial charge in [-0.1, -0.05) is 32.0 Å². The molecule has 2 rings (SSSR count). The molecular weight excluding hydrogens is 316 g/mol. The molecule has 2 aromatic carbocycles. The summed E-state index contributed by atoms with van der Waals surface area (Å²) in [7, 11) is 0. The number of anilines is 1. The SMILES string of the molecule is CC(C)(CCO)CNC(=O)c1ccc(C(=O)Nc2ccccc2)cc1. The van der Waals surface area contributed by atoms with E-state index in [0.29, 0.717) is 24.1 Å². The lowest BCUT2D eigenvalue weighted by atomic mass is 9.89. The summed E-state index contributed by atoms with van der Waals surface area (Å²) in [5.41, 5.74) is 1.54. The highest BCUT2D eigenvalue weighted by molar-refractivity contribution is 6.05. The van der Waals surface area contributed by atoms with Crippen LogP contribution in [0.25, 0.3) is 0 Å². The number of carbonyl (C=O) groups excluding carboxylic acids is 2. The standard InChI is InChI=1S/C20H24N2O3/c1-20(2,12-13-23)14-21-18(24)15-8-10-16(11-9-15)19(25)22-17-6-4-3-5-7-17/h3-11,23H,12-14H2,1-2H3,(H,21,24)(H,22,25). The van der Waals surface area contributed by atoms with Crippen LogP contribution in [0.4, 0.5) is 5.69 Å². The first-order valence-electron chi connectivity index (χ1n) is 8.27. The summed E-state index contributed by atoms with van der Waals surface area (Å²) in [6, 6.07) is 15.7. The van der Waals surface area contributed by atoms with Gasteiger partial charge in [0.2, 0.25) is 0 Å². The molecule has 0 radical (unpaired) electrons. The summed E-state index contributed by atoms with van der Waals surface area (Å²) >= 11 is 0. The van der Waals surface area contributed by atoms with Crippen LogP contribution in [0.2, 0.25) is 0 Å². The van der Waals surface area contributed by atoms with Crippen LogP contribution in [0.1, 0.15) is 41.0 Å². The maximum atomic E-state index is 12.2. The molecule has 0 aliphatic rings. The quantitative estimate of drug-likeness (QED) is 0.725. The van der Waals surface area contributed by atoms with Crippen molar-refractivity contribution in [1.29, 1.82) is 0 Å². The Balaban J connectivity index is 1.94. The average Bonchev–Trinajstić information content (AvgIpc) is 2.61. The van der Waals surface area contributed by atoms with Gasteiger partial charge in [-0.15, -0.1) is 0 Å². The molecule has 0 atom stereocenters. The first-order valence-corrected chi connectivity index (χ1v) is 8.27. The molecule has 5 nitrogen and oxygen atoms in total. The van der Waals surface area contributed by atoms with Gasteiger partial charge in [0.15, 0.2) is 0 Å². The topological polar surface area (TPSA) is 78.4 Å². The van der Waals surface area contributed by atoms with Crippen LogP contribution in [0.3, 0.4) is 0 Å². The van der Waals surface area contributed by atoms with Crippen molar-refractivity contribution in [2.75, 3.05) is 18.5 Å². The Morgan fingerprint density at radius 2 is 1.48 bits per heavy atom. The van der Waals surface area contributed by atoms with Gasteiger partial charge in [-0.3, -0.25) is 9.59 Å². The Morgan fingerprint density at radius 3 is 2.04 bits per heavy atom. The molecule has 0 aliphatic heterocycles. The Labute approximate surface area is 148 Å². The zero-order valence-corrected chi connectivity index (χ0v) is 14.6. The van der Waals surface area contributed by atoms with Crippen molar-refractivity contribution >= 4 is 17.5 Å². The normalized spacial score (nSPS) is 11.0. The molecule has 0 fully saturated rings. The van der Waals surface area contributed by atoms with Crippen molar-refractivity contribution in [3.8, 4) is 0 Å². The molecule has 0 aromatic heterocycles. The largest absolute Gasteiger partial charge is 0.396 e. The van der Waals surface area contributed by atoms with E-state index >= 15 is 0 Å². The fourth-order valence-electron chi connectivity index (χ4n) is 2.31. The molecule has 0 aliphatic carbocycles. The maximum Gasteiger partial charge on any atom is 0.255 e. The average molecular weight is 340 g/mol. The highest BCUT2D eigenvalue weighted by Crippen LogP contribution is 2.18. The monoisotopic (exact) mass is 340 g/mol. The molecule has 0 unspecified atom stereocenters. The third kappa shape index (κ3) is 5.72. The molecule has 25 heavy (non-hydrogen) atoms. The summed E-state index contributed by atoms with van der Waals surface area (Å²) in [6.45, 7) is 4.54. The smallest absolute Gasteiger partial charge is 0.255 e. The zero-order valence-electron chi connectivity index (χ0n) is 14.6. The summed E-state index contributed by atoms with van der Waals surface area (Å²) in [5.74, 6) is -0.414. The third-order valence-corrected chi connectivity index (χ3v) is 3.96. The highest BCUT2D eigenvalue weighted by atomic mass is 16.3. The minimum atomic E-state index is -0.220. The molecule has 0 spiro atoms. The molecule has 0 saturated carbocycles. The van der Waals surface area contributed by atoms with Crippen molar-refractivity contribution in [1.82, 2.24) is 5.32 Å². The molecule has 0 bridgehead atoms. The van der Waals surface area contributed by atoms with E-state index in [1.807, 2.05) is 44.2 Å². The molecule has 2 amide bonds. The van der Waals surface area contributed by atoms with Gasteiger partial charge < -0.3 is 15.7 Å². The Kier molecular flexibility index (Phi) is 6.31. The molecule has 5 heteroatoms. The Morgan fingerprint density at radius 1 is 0.920 bits per heavy atom. The summed E-state index contributed by atoms with van der Waals surface area (Å²) < 4.78 is 0. The number of hydrogen-bond donors (Lipinski definition) is 3. The van der Waals surface area contributed by atoms with Gasteiger partial charge in [0, 0.05) is 30.0 Å². The van der Waals surface area contributed by atoms with Crippen LogP contribution in [-0.4, -0.2) is 30.1 Å². The highest BCUT2D eigenvalue weighted by Gasteiger charge is 2.18. The Hall–Kier alpha value is -2.66. The fraction of sp³-hybridized carbons (Fsp3) is 0.300. The second-order valence-corrected chi connectivity index (χ2v) is 6.72. The van der Waals surface area contributed by atoms with Crippen molar-refractivity contribution in [3.05, 3.63) is 65.7 Å². The molecule has 0 saturated heterocycles. The van der Waals surface area contributed by atoms with Crippen molar-refractivity contribution < 1.29 is 14.7 Å². The predicted molar refractivity (Wildman–Crippen MR) is 98.7 cm³/mol. The molecule has 0 heterocycles. The lowest BCUT2D eigenvalue weighted by Gasteiger charge is -2.23. The van der Waals surface area contributed by atoms with Gasteiger partial charge in [-0.05, 0) is 48.2 Å². The van der Waals surface area contributed by atoms with Crippen LogP contribution in [0.5, 0.6) is 0 Å². The zero-order chi connectivity index (χ0) is 18.3. The minimum absolute atomic E-state index is 0.0914. The predicted octanol–water partition coefficient (Wildman–Crippen LogP) is 3.08. The van der Waals surface area contributed by atoms with Crippen molar-refractivity contribution in [2.24, 2.45) is 5.41 Å². The van der Waals surface area contributed by atoms with Gasteiger partial charge in [0.05, 0.1) is 0 Å². The van der Waals surface area contributed by atoms with E-state index in [1.54, 1.807) is 24.3 Å². The maximum absolute atomic E-state index is 12.2. The minimum Gasteiger partial charge on any atom is -0.396 e. The second kappa shape index (κ2) is 8.44. The number of aliphatic hydroxyl groups excluding tert-OH is 1. The number of rotatable bonds is 7. The van der Waals surface area contributed by atoms with Crippen LogP contribution < -0.4 is 10.6 Å². The summed E-state index contributed by atoms with van der Waals surface area (Å²) in [4.78, 5) is 24.4. The first kappa shape index (κ1) is 18.7. The molecule has 132 valence electrons.